The minimum atomic E-state index is -1.30. The SMILES string of the molecule is O=C(NC(Cc1ccc(O)cc1)C(=O)O)c1c(-c2ccccc2)c(-c2ccccc2)n[nH]c1=O. The molecule has 4 N–H and O–H groups in total. The van der Waals surface area contributed by atoms with Crippen molar-refractivity contribution < 1.29 is 19.8 Å². The minimum absolute atomic E-state index is 0.0312. The van der Waals surface area contributed by atoms with Crippen molar-refractivity contribution in [3.8, 4) is 28.1 Å². The number of rotatable bonds is 7. The maximum atomic E-state index is 13.3. The van der Waals surface area contributed by atoms with Crippen molar-refractivity contribution in [1.82, 2.24) is 15.5 Å². The smallest absolute Gasteiger partial charge is 0.326 e. The minimum Gasteiger partial charge on any atom is -0.508 e. The van der Waals surface area contributed by atoms with E-state index in [1.165, 1.54) is 12.1 Å². The number of benzene rings is 3. The molecule has 0 spiro atoms. The summed E-state index contributed by atoms with van der Waals surface area (Å²) in [6.07, 6.45) is -0.0312. The number of aromatic hydroxyl groups is 1. The van der Waals surface area contributed by atoms with E-state index in [1.807, 2.05) is 24.3 Å². The summed E-state index contributed by atoms with van der Waals surface area (Å²) < 4.78 is 0. The van der Waals surface area contributed by atoms with Gasteiger partial charge in [0.25, 0.3) is 11.5 Å². The van der Waals surface area contributed by atoms with Crippen LogP contribution in [0.25, 0.3) is 22.4 Å². The number of carbonyl (C=O) groups is 2. The van der Waals surface area contributed by atoms with Gasteiger partial charge in [0.15, 0.2) is 0 Å². The number of aliphatic carboxylic acids is 1. The topological polar surface area (TPSA) is 132 Å². The van der Waals surface area contributed by atoms with Crippen LogP contribution in [0.3, 0.4) is 0 Å². The lowest BCUT2D eigenvalue weighted by molar-refractivity contribution is -0.139. The van der Waals surface area contributed by atoms with Crippen LogP contribution in [0, 0.1) is 0 Å². The molecule has 1 amide bonds. The fourth-order valence-electron chi connectivity index (χ4n) is 3.66. The number of phenolic OH excluding ortho intramolecular Hbond substituents is 1. The molecule has 0 aliphatic rings. The van der Waals surface area contributed by atoms with E-state index in [0.717, 1.165) is 0 Å². The van der Waals surface area contributed by atoms with Crippen molar-refractivity contribution >= 4 is 11.9 Å². The first-order valence-electron chi connectivity index (χ1n) is 10.5. The van der Waals surface area contributed by atoms with Crippen LogP contribution in [0.5, 0.6) is 5.75 Å². The molecule has 0 aliphatic carbocycles. The molecule has 0 bridgehead atoms. The Kier molecular flexibility index (Phi) is 6.49. The molecule has 1 heterocycles. The van der Waals surface area contributed by atoms with Crippen molar-refractivity contribution in [2.45, 2.75) is 12.5 Å². The number of nitrogens with one attached hydrogen (secondary N) is 2. The summed E-state index contributed by atoms with van der Waals surface area (Å²) in [7, 11) is 0. The highest BCUT2D eigenvalue weighted by Gasteiger charge is 2.27. The first kappa shape index (κ1) is 22.5. The molecular weight excluding hydrogens is 434 g/mol. The normalized spacial score (nSPS) is 11.5. The number of H-pyrrole nitrogens is 1. The zero-order chi connectivity index (χ0) is 24.1. The standard InChI is InChI=1S/C26H21N3O5/c30-19-13-11-16(12-14-19)15-20(26(33)34)27-24(31)22-21(17-7-3-1-4-8-17)23(28-29-25(22)32)18-9-5-2-6-10-18/h1-14,20,30H,15H2,(H,27,31)(H,29,32)(H,33,34). The van der Waals surface area contributed by atoms with E-state index in [4.69, 9.17) is 0 Å². The summed E-state index contributed by atoms with van der Waals surface area (Å²) in [5, 5.41) is 28.2. The Bertz CT molecular complexity index is 1370. The number of aromatic nitrogens is 2. The van der Waals surface area contributed by atoms with Gasteiger partial charge in [-0.05, 0) is 23.3 Å². The Morgan fingerprint density at radius 3 is 2.06 bits per heavy atom. The molecule has 8 heteroatoms. The van der Waals surface area contributed by atoms with Crippen molar-refractivity contribution in [2.75, 3.05) is 0 Å². The van der Waals surface area contributed by atoms with Crippen LogP contribution in [0.4, 0.5) is 0 Å². The molecule has 1 atom stereocenters. The number of hydrogen-bond donors (Lipinski definition) is 4. The molecule has 0 saturated heterocycles. The Balaban J connectivity index is 1.78. The van der Waals surface area contributed by atoms with E-state index in [9.17, 15) is 24.6 Å². The Labute approximate surface area is 194 Å². The van der Waals surface area contributed by atoms with Crippen molar-refractivity contribution in [3.63, 3.8) is 0 Å². The van der Waals surface area contributed by atoms with Crippen LogP contribution in [0.2, 0.25) is 0 Å². The van der Waals surface area contributed by atoms with E-state index in [2.05, 4.69) is 15.5 Å². The summed E-state index contributed by atoms with van der Waals surface area (Å²) >= 11 is 0. The van der Waals surface area contributed by atoms with Crippen LogP contribution in [0.1, 0.15) is 15.9 Å². The first-order chi connectivity index (χ1) is 16.4. The number of carboxylic acids is 1. The van der Waals surface area contributed by atoms with Crippen LogP contribution in [-0.2, 0) is 11.2 Å². The first-order valence-corrected chi connectivity index (χ1v) is 10.5. The highest BCUT2D eigenvalue weighted by Crippen LogP contribution is 2.31. The third kappa shape index (κ3) is 4.86. The second kappa shape index (κ2) is 9.83. The molecule has 8 nitrogen and oxygen atoms in total. The van der Waals surface area contributed by atoms with Gasteiger partial charge in [-0.15, -0.1) is 0 Å². The monoisotopic (exact) mass is 455 g/mol. The van der Waals surface area contributed by atoms with Gasteiger partial charge in [-0.1, -0.05) is 72.8 Å². The van der Waals surface area contributed by atoms with Crippen molar-refractivity contribution in [3.05, 3.63) is 106 Å². The number of carbonyl (C=O) groups excluding carboxylic acids is 1. The predicted octanol–water partition coefficient (Wildman–Crippen LogP) is 3.24. The lowest BCUT2D eigenvalue weighted by Gasteiger charge is -2.17. The Morgan fingerprint density at radius 1 is 0.882 bits per heavy atom. The molecule has 1 unspecified atom stereocenters. The van der Waals surface area contributed by atoms with Gasteiger partial charge in [-0.3, -0.25) is 9.59 Å². The highest BCUT2D eigenvalue weighted by molar-refractivity contribution is 6.04. The van der Waals surface area contributed by atoms with Crippen LogP contribution in [0.15, 0.2) is 89.7 Å². The molecule has 0 radical (unpaired) electrons. The van der Waals surface area contributed by atoms with Gasteiger partial charge in [0.2, 0.25) is 0 Å². The molecule has 34 heavy (non-hydrogen) atoms. The summed E-state index contributed by atoms with van der Waals surface area (Å²) in [5.41, 5.74) is 1.62. The Hall–Kier alpha value is -4.72. The second-order valence-electron chi connectivity index (χ2n) is 7.62. The fraction of sp³-hybridized carbons (Fsp3) is 0.0769. The van der Waals surface area contributed by atoms with Crippen LogP contribution in [-0.4, -0.2) is 38.3 Å². The summed E-state index contributed by atoms with van der Waals surface area (Å²) in [5.74, 6) is -2.04. The fourth-order valence-corrected chi connectivity index (χ4v) is 3.66. The largest absolute Gasteiger partial charge is 0.508 e. The summed E-state index contributed by atoms with van der Waals surface area (Å²) in [6.45, 7) is 0. The molecule has 0 fully saturated rings. The van der Waals surface area contributed by atoms with Crippen molar-refractivity contribution in [1.29, 1.82) is 0 Å². The number of hydrogen-bond acceptors (Lipinski definition) is 5. The third-order valence-corrected chi connectivity index (χ3v) is 5.30. The molecule has 170 valence electrons. The molecule has 3 aromatic carbocycles. The summed E-state index contributed by atoms with van der Waals surface area (Å²) in [4.78, 5) is 38.1. The average molecular weight is 455 g/mol. The summed E-state index contributed by atoms with van der Waals surface area (Å²) in [6, 6.07) is 22.7. The number of nitrogens with zero attached hydrogens (tertiary/aromatic N) is 1. The average Bonchev–Trinajstić information content (AvgIpc) is 2.85. The molecule has 4 aromatic rings. The van der Waals surface area contributed by atoms with Gasteiger partial charge < -0.3 is 15.5 Å². The number of aromatic amines is 1. The van der Waals surface area contributed by atoms with E-state index >= 15 is 0 Å². The van der Waals surface area contributed by atoms with E-state index in [-0.39, 0.29) is 17.7 Å². The van der Waals surface area contributed by atoms with Gasteiger partial charge in [-0.2, -0.15) is 5.10 Å². The van der Waals surface area contributed by atoms with Gasteiger partial charge in [0.1, 0.15) is 17.4 Å². The van der Waals surface area contributed by atoms with Crippen LogP contribution >= 0.6 is 0 Å². The quantitative estimate of drug-likeness (QED) is 0.338. The third-order valence-electron chi connectivity index (χ3n) is 5.30. The zero-order valence-corrected chi connectivity index (χ0v) is 17.9. The second-order valence-corrected chi connectivity index (χ2v) is 7.62. The van der Waals surface area contributed by atoms with Gasteiger partial charge in [0, 0.05) is 17.5 Å². The lowest BCUT2D eigenvalue weighted by Crippen LogP contribution is -2.44. The predicted molar refractivity (Wildman–Crippen MR) is 126 cm³/mol. The van der Waals surface area contributed by atoms with Gasteiger partial charge in [-0.25, -0.2) is 9.89 Å². The maximum Gasteiger partial charge on any atom is 0.326 e. The number of carboxylic acid groups (broad SMARTS) is 1. The van der Waals surface area contributed by atoms with Gasteiger partial charge in [0.05, 0.1) is 5.69 Å². The number of phenols is 1. The van der Waals surface area contributed by atoms with E-state index in [0.29, 0.717) is 27.9 Å². The molecular formula is C26H21N3O5. The molecule has 4 rings (SSSR count). The highest BCUT2D eigenvalue weighted by atomic mass is 16.4. The lowest BCUT2D eigenvalue weighted by atomic mass is 9.95. The van der Waals surface area contributed by atoms with E-state index in [1.54, 1.807) is 48.5 Å². The molecule has 0 saturated carbocycles. The van der Waals surface area contributed by atoms with Crippen molar-refractivity contribution in [2.24, 2.45) is 0 Å². The van der Waals surface area contributed by atoms with E-state index < -0.39 is 23.5 Å². The maximum absolute atomic E-state index is 13.3. The molecule has 0 aliphatic heterocycles. The number of amides is 1. The molecule has 1 aromatic heterocycles. The zero-order valence-electron chi connectivity index (χ0n) is 17.9. The van der Waals surface area contributed by atoms with Gasteiger partial charge >= 0.3 is 5.97 Å². The Morgan fingerprint density at radius 2 is 1.47 bits per heavy atom. The van der Waals surface area contributed by atoms with Crippen LogP contribution < -0.4 is 10.9 Å².